The summed E-state index contributed by atoms with van der Waals surface area (Å²) in [7, 11) is 0. The number of carbonyl (C=O) groups is 2. The highest BCUT2D eigenvalue weighted by atomic mass is 16.4. The molecule has 2 rings (SSSR count). The van der Waals surface area contributed by atoms with Gasteiger partial charge in [-0.1, -0.05) is 12.8 Å². The molecule has 0 radical (unpaired) electrons. The molecule has 1 amide bonds. The topological polar surface area (TPSA) is 92.4 Å². The lowest BCUT2D eigenvalue weighted by Gasteiger charge is -2.30. The largest absolute Gasteiger partial charge is 0.481 e. The standard InChI is InChI=1S/C11H18N2O3/c12-11(5-6-11)9(16)13-10(7-8(14)15)3-1-2-4-10/h1-7,12H2,(H,13,16)(H,14,15). The molecule has 0 bridgehead atoms. The second-order valence-corrected chi connectivity index (χ2v) is 5.17. The lowest BCUT2D eigenvalue weighted by atomic mass is 9.92. The molecule has 0 heterocycles. The summed E-state index contributed by atoms with van der Waals surface area (Å²) in [5.41, 5.74) is 4.54. The number of nitrogens with two attached hydrogens (primary N) is 1. The molecule has 16 heavy (non-hydrogen) atoms. The fourth-order valence-electron chi connectivity index (χ4n) is 2.41. The second-order valence-electron chi connectivity index (χ2n) is 5.17. The fourth-order valence-corrected chi connectivity index (χ4v) is 2.41. The van der Waals surface area contributed by atoms with Crippen molar-refractivity contribution in [3.05, 3.63) is 0 Å². The van der Waals surface area contributed by atoms with Crippen LogP contribution in [-0.2, 0) is 9.59 Å². The number of carboxylic acid groups (broad SMARTS) is 1. The molecule has 0 spiro atoms. The third kappa shape index (κ3) is 2.19. The summed E-state index contributed by atoms with van der Waals surface area (Å²) in [5, 5.41) is 11.8. The Labute approximate surface area is 94.4 Å². The van der Waals surface area contributed by atoms with Gasteiger partial charge in [0.25, 0.3) is 0 Å². The number of hydrogen-bond acceptors (Lipinski definition) is 3. The first-order valence-electron chi connectivity index (χ1n) is 5.79. The van der Waals surface area contributed by atoms with E-state index in [4.69, 9.17) is 10.8 Å². The molecule has 0 aliphatic heterocycles. The van der Waals surface area contributed by atoms with Gasteiger partial charge in [0.15, 0.2) is 0 Å². The lowest BCUT2D eigenvalue weighted by Crippen LogP contribution is -2.54. The summed E-state index contributed by atoms with van der Waals surface area (Å²) in [5.74, 6) is -1.03. The van der Waals surface area contributed by atoms with Crippen LogP contribution in [0, 0.1) is 0 Å². The van der Waals surface area contributed by atoms with Gasteiger partial charge in [0.05, 0.1) is 17.5 Å². The molecule has 0 atom stereocenters. The maximum absolute atomic E-state index is 11.8. The quantitative estimate of drug-likeness (QED) is 0.646. The first-order chi connectivity index (χ1) is 7.46. The monoisotopic (exact) mass is 226 g/mol. The Morgan fingerprint density at radius 2 is 1.75 bits per heavy atom. The first-order valence-corrected chi connectivity index (χ1v) is 5.79. The van der Waals surface area contributed by atoms with Crippen molar-refractivity contribution >= 4 is 11.9 Å². The van der Waals surface area contributed by atoms with Gasteiger partial charge in [-0.15, -0.1) is 0 Å². The summed E-state index contributed by atoms with van der Waals surface area (Å²) in [6, 6.07) is 0. The zero-order valence-electron chi connectivity index (χ0n) is 9.29. The zero-order valence-corrected chi connectivity index (χ0v) is 9.29. The summed E-state index contributed by atoms with van der Waals surface area (Å²) in [6.45, 7) is 0. The molecule has 5 nitrogen and oxygen atoms in total. The van der Waals surface area contributed by atoms with E-state index < -0.39 is 17.0 Å². The molecule has 0 aromatic heterocycles. The Hall–Kier alpha value is -1.10. The Bertz CT molecular complexity index is 317. The van der Waals surface area contributed by atoms with Crippen molar-refractivity contribution < 1.29 is 14.7 Å². The second kappa shape index (κ2) is 3.73. The molecule has 0 aromatic rings. The van der Waals surface area contributed by atoms with E-state index in [-0.39, 0.29) is 12.3 Å². The minimum atomic E-state index is -0.857. The van der Waals surface area contributed by atoms with E-state index in [1.54, 1.807) is 0 Å². The maximum Gasteiger partial charge on any atom is 0.305 e. The van der Waals surface area contributed by atoms with Gasteiger partial charge in [0, 0.05) is 0 Å². The predicted molar refractivity (Wildman–Crippen MR) is 57.7 cm³/mol. The smallest absolute Gasteiger partial charge is 0.305 e. The average Bonchev–Trinajstić information content (AvgIpc) is 2.77. The van der Waals surface area contributed by atoms with Crippen molar-refractivity contribution in [3.63, 3.8) is 0 Å². The number of aliphatic carboxylic acids is 1. The van der Waals surface area contributed by atoms with Gasteiger partial charge < -0.3 is 16.2 Å². The normalized spacial score (nSPS) is 25.1. The van der Waals surface area contributed by atoms with E-state index in [0.717, 1.165) is 25.7 Å². The average molecular weight is 226 g/mol. The highest BCUT2D eigenvalue weighted by Crippen LogP contribution is 2.37. The molecule has 2 aliphatic rings. The number of hydrogen-bond donors (Lipinski definition) is 3. The Kier molecular flexibility index (Phi) is 2.66. The molecule has 90 valence electrons. The van der Waals surface area contributed by atoms with Gasteiger partial charge in [-0.3, -0.25) is 9.59 Å². The van der Waals surface area contributed by atoms with Crippen LogP contribution >= 0.6 is 0 Å². The molecular formula is C11H18N2O3. The highest BCUT2D eigenvalue weighted by molar-refractivity contribution is 5.90. The van der Waals surface area contributed by atoms with Crippen molar-refractivity contribution in [3.8, 4) is 0 Å². The van der Waals surface area contributed by atoms with Gasteiger partial charge >= 0.3 is 5.97 Å². The molecule has 2 saturated carbocycles. The minimum Gasteiger partial charge on any atom is -0.481 e. The van der Waals surface area contributed by atoms with Crippen molar-refractivity contribution in [2.24, 2.45) is 5.73 Å². The summed E-state index contributed by atoms with van der Waals surface area (Å²) in [6.07, 6.45) is 4.89. The van der Waals surface area contributed by atoms with Crippen LogP contribution in [0.25, 0.3) is 0 Å². The van der Waals surface area contributed by atoms with Crippen LogP contribution in [0.2, 0.25) is 0 Å². The lowest BCUT2D eigenvalue weighted by molar-refractivity contribution is -0.139. The van der Waals surface area contributed by atoms with E-state index in [2.05, 4.69) is 5.32 Å². The molecule has 5 heteroatoms. The van der Waals surface area contributed by atoms with Crippen molar-refractivity contribution in [1.29, 1.82) is 0 Å². The number of carboxylic acids is 1. The molecule has 2 aliphatic carbocycles. The Balaban J connectivity index is 2.02. The van der Waals surface area contributed by atoms with Crippen LogP contribution < -0.4 is 11.1 Å². The molecule has 2 fully saturated rings. The Morgan fingerprint density at radius 3 is 2.19 bits per heavy atom. The van der Waals surface area contributed by atoms with Crippen LogP contribution in [0.3, 0.4) is 0 Å². The fraction of sp³-hybridized carbons (Fsp3) is 0.818. The van der Waals surface area contributed by atoms with Crippen LogP contribution in [0.4, 0.5) is 0 Å². The van der Waals surface area contributed by atoms with Gasteiger partial charge in [-0.2, -0.15) is 0 Å². The SMILES string of the molecule is NC1(C(=O)NC2(CC(=O)O)CCCC2)CC1. The number of nitrogens with one attached hydrogen (secondary N) is 1. The van der Waals surface area contributed by atoms with Crippen molar-refractivity contribution in [1.82, 2.24) is 5.32 Å². The predicted octanol–water partition coefficient (Wildman–Crippen LogP) is 0.381. The maximum atomic E-state index is 11.8. The number of rotatable bonds is 4. The minimum absolute atomic E-state index is 0.00875. The molecule has 0 saturated heterocycles. The van der Waals surface area contributed by atoms with Gasteiger partial charge in [-0.25, -0.2) is 0 Å². The van der Waals surface area contributed by atoms with E-state index in [9.17, 15) is 9.59 Å². The van der Waals surface area contributed by atoms with Crippen LogP contribution in [0.15, 0.2) is 0 Å². The zero-order chi connectivity index (χ0) is 11.8. The van der Waals surface area contributed by atoms with Crippen molar-refractivity contribution in [2.75, 3.05) is 0 Å². The van der Waals surface area contributed by atoms with Crippen LogP contribution in [-0.4, -0.2) is 28.1 Å². The first kappa shape index (κ1) is 11.4. The highest BCUT2D eigenvalue weighted by Gasteiger charge is 2.49. The third-order valence-corrected chi connectivity index (χ3v) is 3.67. The van der Waals surface area contributed by atoms with Crippen molar-refractivity contribution in [2.45, 2.75) is 56.0 Å². The number of carbonyl (C=O) groups excluding carboxylic acids is 1. The number of amides is 1. The molecule has 0 aromatic carbocycles. The molecular weight excluding hydrogens is 208 g/mol. The summed E-state index contributed by atoms with van der Waals surface area (Å²) in [4.78, 5) is 22.7. The van der Waals surface area contributed by atoms with E-state index in [1.807, 2.05) is 0 Å². The Morgan fingerprint density at radius 1 is 1.19 bits per heavy atom. The van der Waals surface area contributed by atoms with E-state index >= 15 is 0 Å². The van der Waals surface area contributed by atoms with Gasteiger partial charge in [0.2, 0.25) is 5.91 Å². The molecule has 4 N–H and O–H groups in total. The third-order valence-electron chi connectivity index (χ3n) is 3.67. The van der Waals surface area contributed by atoms with E-state index in [1.165, 1.54) is 0 Å². The molecule has 0 unspecified atom stereocenters. The summed E-state index contributed by atoms with van der Waals surface area (Å²) < 4.78 is 0. The van der Waals surface area contributed by atoms with Gasteiger partial charge in [-0.05, 0) is 25.7 Å². The van der Waals surface area contributed by atoms with Crippen LogP contribution in [0.5, 0.6) is 0 Å². The van der Waals surface area contributed by atoms with E-state index in [0.29, 0.717) is 12.8 Å². The van der Waals surface area contributed by atoms with Gasteiger partial charge in [0.1, 0.15) is 0 Å². The summed E-state index contributed by atoms with van der Waals surface area (Å²) >= 11 is 0. The van der Waals surface area contributed by atoms with Crippen LogP contribution in [0.1, 0.15) is 44.9 Å².